The third-order valence-electron chi connectivity index (χ3n) is 5.67. The second kappa shape index (κ2) is 9.96. The van der Waals surface area contributed by atoms with Crippen LogP contribution >= 0.6 is 11.6 Å². The van der Waals surface area contributed by atoms with Crippen molar-refractivity contribution in [2.75, 3.05) is 18.0 Å². The summed E-state index contributed by atoms with van der Waals surface area (Å²) in [4.78, 5) is 13.8. The highest BCUT2D eigenvalue weighted by atomic mass is 35.5. The van der Waals surface area contributed by atoms with Gasteiger partial charge >= 0.3 is 0 Å². The monoisotopic (exact) mass is 435 g/mol. The van der Waals surface area contributed by atoms with Crippen molar-refractivity contribution in [1.82, 2.24) is 10.8 Å². The molecule has 0 radical (unpaired) electrons. The number of aryl methyl sites for hydroxylation is 2. The first-order valence-corrected chi connectivity index (χ1v) is 10.9. The Balaban J connectivity index is 1.38. The van der Waals surface area contributed by atoms with Gasteiger partial charge in [-0.25, -0.2) is 5.48 Å². The van der Waals surface area contributed by atoms with E-state index < -0.39 is 5.91 Å². The first kappa shape index (κ1) is 21.4. The van der Waals surface area contributed by atoms with Crippen molar-refractivity contribution >= 4 is 28.9 Å². The molecule has 3 aromatic carbocycles. The van der Waals surface area contributed by atoms with Crippen LogP contribution in [0.2, 0.25) is 5.02 Å². The minimum absolute atomic E-state index is 0.434. The zero-order valence-electron chi connectivity index (χ0n) is 17.3. The molecule has 5 nitrogen and oxygen atoms in total. The lowest BCUT2D eigenvalue weighted by molar-refractivity contribution is 0.0706. The Morgan fingerprint density at radius 1 is 0.968 bits per heavy atom. The summed E-state index contributed by atoms with van der Waals surface area (Å²) in [6.45, 7) is 2.49. The lowest BCUT2D eigenvalue weighted by atomic mass is 10.0. The maximum absolute atomic E-state index is 11.4. The molecule has 0 saturated heterocycles. The van der Waals surface area contributed by atoms with Crippen molar-refractivity contribution in [1.29, 1.82) is 0 Å². The summed E-state index contributed by atoms with van der Waals surface area (Å²) < 4.78 is 0. The quantitative estimate of drug-likeness (QED) is 0.281. The summed E-state index contributed by atoms with van der Waals surface area (Å²) in [5.74, 6) is -0.502. The Morgan fingerprint density at radius 2 is 1.71 bits per heavy atom. The van der Waals surface area contributed by atoms with E-state index in [1.807, 2.05) is 18.2 Å². The average molecular weight is 436 g/mol. The maximum atomic E-state index is 11.4. The Morgan fingerprint density at radius 3 is 2.48 bits per heavy atom. The number of rotatable bonds is 7. The highest BCUT2D eigenvalue weighted by molar-refractivity contribution is 6.30. The van der Waals surface area contributed by atoms with Gasteiger partial charge in [0.15, 0.2) is 0 Å². The van der Waals surface area contributed by atoms with Gasteiger partial charge in [0, 0.05) is 35.1 Å². The van der Waals surface area contributed by atoms with Crippen LogP contribution in [0.15, 0.2) is 66.7 Å². The number of halogens is 1. The van der Waals surface area contributed by atoms with Crippen LogP contribution in [0, 0.1) is 0 Å². The van der Waals surface area contributed by atoms with E-state index in [4.69, 9.17) is 16.8 Å². The first-order chi connectivity index (χ1) is 15.2. The van der Waals surface area contributed by atoms with Crippen molar-refractivity contribution in [2.24, 2.45) is 0 Å². The lowest BCUT2D eigenvalue weighted by Crippen LogP contribution is -2.24. The molecular formula is C25H26ClN3O2. The van der Waals surface area contributed by atoms with Crippen molar-refractivity contribution in [3.63, 3.8) is 0 Å². The van der Waals surface area contributed by atoms with E-state index in [2.05, 4.69) is 46.6 Å². The molecule has 31 heavy (non-hydrogen) atoms. The van der Waals surface area contributed by atoms with E-state index in [-0.39, 0.29) is 0 Å². The number of hydrogen-bond acceptors (Lipinski definition) is 4. The molecule has 6 heteroatoms. The Hall–Kier alpha value is -2.86. The third kappa shape index (κ3) is 5.07. The summed E-state index contributed by atoms with van der Waals surface area (Å²) in [6, 6.07) is 22.0. The molecule has 0 spiro atoms. The van der Waals surface area contributed by atoms with Crippen molar-refractivity contribution in [2.45, 2.75) is 25.8 Å². The van der Waals surface area contributed by atoms with Crippen LogP contribution in [0.25, 0.3) is 0 Å². The number of hydroxylamine groups is 1. The van der Waals surface area contributed by atoms with Crippen LogP contribution in [0.5, 0.6) is 0 Å². The van der Waals surface area contributed by atoms with Crippen LogP contribution in [-0.4, -0.2) is 24.2 Å². The molecule has 0 atom stereocenters. The predicted molar refractivity (Wildman–Crippen MR) is 124 cm³/mol. The first-order valence-electron chi connectivity index (χ1n) is 10.5. The summed E-state index contributed by atoms with van der Waals surface area (Å²) in [5.41, 5.74) is 8.34. The minimum atomic E-state index is -0.502. The average Bonchev–Trinajstić information content (AvgIpc) is 2.95. The minimum Gasteiger partial charge on any atom is -0.341 e. The molecule has 0 bridgehead atoms. The number of benzene rings is 3. The fraction of sp³-hybridized carbons (Fsp3) is 0.240. The van der Waals surface area contributed by atoms with Gasteiger partial charge in [-0.3, -0.25) is 10.0 Å². The van der Waals surface area contributed by atoms with Gasteiger partial charge in [0.05, 0.1) is 0 Å². The lowest BCUT2D eigenvalue weighted by Gasteiger charge is -2.27. The van der Waals surface area contributed by atoms with Gasteiger partial charge in [0.25, 0.3) is 5.91 Å². The predicted octanol–water partition coefficient (Wildman–Crippen LogP) is 4.88. The van der Waals surface area contributed by atoms with Crippen LogP contribution in [0.3, 0.4) is 0 Å². The number of amides is 1. The van der Waals surface area contributed by atoms with Crippen LogP contribution < -0.4 is 15.7 Å². The highest BCUT2D eigenvalue weighted by Crippen LogP contribution is 2.37. The summed E-state index contributed by atoms with van der Waals surface area (Å²) in [6.07, 6.45) is 3.03. The molecule has 3 N–H and O–H groups in total. The van der Waals surface area contributed by atoms with E-state index in [1.54, 1.807) is 17.6 Å². The second-order valence-electron chi connectivity index (χ2n) is 7.72. The van der Waals surface area contributed by atoms with E-state index in [0.29, 0.717) is 5.56 Å². The second-order valence-corrected chi connectivity index (χ2v) is 8.16. The topological polar surface area (TPSA) is 64.6 Å². The van der Waals surface area contributed by atoms with Crippen LogP contribution in [0.4, 0.5) is 11.4 Å². The van der Waals surface area contributed by atoms with Gasteiger partial charge in [-0.05, 0) is 72.8 Å². The Labute approximate surface area is 187 Å². The zero-order chi connectivity index (χ0) is 21.6. The fourth-order valence-corrected chi connectivity index (χ4v) is 4.22. The third-order valence-corrected chi connectivity index (χ3v) is 5.90. The van der Waals surface area contributed by atoms with Gasteiger partial charge in [-0.1, -0.05) is 48.0 Å². The molecule has 0 unspecified atom stereocenters. The smallest absolute Gasteiger partial charge is 0.274 e. The highest BCUT2D eigenvalue weighted by Gasteiger charge is 2.20. The van der Waals surface area contributed by atoms with E-state index in [9.17, 15) is 4.79 Å². The van der Waals surface area contributed by atoms with E-state index in [1.165, 1.54) is 22.5 Å². The van der Waals surface area contributed by atoms with Gasteiger partial charge in [-0.2, -0.15) is 0 Å². The Bertz CT molecular complexity index is 1050. The number of nitrogens with one attached hydrogen (secondary N) is 2. The molecule has 0 saturated carbocycles. The SMILES string of the molecule is O=C(NO)c1ccc(CNCCCN2c3ccccc3CCc3ccc(Cl)cc32)cc1. The standard InChI is InChI=1S/C25H26ClN3O2/c26-22-13-12-20-11-10-19-4-1-2-5-23(19)29(24(20)16-22)15-3-14-27-17-18-6-8-21(9-7-18)25(30)28-31/h1-2,4-9,12-13,16,27,31H,3,10-11,14-15,17H2,(H,28,30). The molecule has 0 aliphatic carbocycles. The van der Waals surface area contributed by atoms with Gasteiger partial charge < -0.3 is 10.2 Å². The number of carbonyl (C=O) groups excluding carboxylic acids is 1. The molecule has 160 valence electrons. The molecule has 3 aromatic rings. The molecule has 1 aliphatic heterocycles. The summed E-state index contributed by atoms with van der Waals surface area (Å²) >= 11 is 6.34. The van der Waals surface area contributed by atoms with Gasteiger partial charge in [-0.15, -0.1) is 0 Å². The van der Waals surface area contributed by atoms with Crippen LogP contribution in [-0.2, 0) is 19.4 Å². The van der Waals surface area contributed by atoms with Crippen molar-refractivity contribution in [3.8, 4) is 0 Å². The van der Waals surface area contributed by atoms with Gasteiger partial charge in [0.2, 0.25) is 0 Å². The normalized spacial score (nSPS) is 12.6. The largest absolute Gasteiger partial charge is 0.341 e. The molecule has 1 aliphatic rings. The molecular weight excluding hydrogens is 410 g/mol. The zero-order valence-corrected chi connectivity index (χ0v) is 18.0. The Kier molecular flexibility index (Phi) is 6.87. The number of para-hydroxylation sites is 1. The molecule has 0 aromatic heterocycles. The van der Waals surface area contributed by atoms with E-state index >= 15 is 0 Å². The number of nitrogens with zero attached hydrogens (tertiary/aromatic N) is 1. The van der Waals surface area contributed by atoms with E-state index in [0.717, 1.165) is 49.5 Å². The van der Waals surface area contributed by atoms with Crippen LogP contribution in [0.1, 0.15) is 33.5 Å². The summed E-state index contributed by atoms with van der Waals surface area (Å²) in [5, 5.41) is 12.9. The number of hydrogen-bond donors (Lipinski definition) is 3. The van der Waals surface area contributed by atoms with Gasteiger partial charge in [0.1, 0.15) is 0 Å². The summed E-state index contributed by atoms with van der Waals surface area (Å²) in [7, 11) is 0. The maximum Gasteiger partial charge on any atom is 0.274 e. The molecule has 1 heterocycles. The number of fused-ring (bicyclic) bond motifs is 2. The number of carbonyl (C=O) groups is 1. The van der Waals surface area contributed by atoms with Crippen molar-refractivity contribution in [3.05, 3.63) is 94.0 Å². The number of anilines is 2. The molecule has 0 fully saturated rings. The molecule has 1 amide bonds. The molecule has 4 rings (SSSR count). The fourth-order valence-electron chi connectivity index (χ4n) is 4.06. The van der Waals surface area contributed by atoms with Crippen molar-refractivity contribution < 1.29 is 10.0 Å².